The molecule has 0 aliphatic carbocycles. The van der Waals surface area contributed by atoms with E-state index in [1.54, 1.807) is 0 Å². The lowest BCUT2D eigenvalue weighted by atomic mass is 10.0. The van der Waals surface area contributed by atoms with E-state index >= 15 is 0 Å². The Morgan fingerprint density at radius 2 is 1.85 bits per heavy atom. The van der Waals surface area contributed by atoms with Gasteiger partial charge < -0.3 is 11.2 Å². The van der Waals surface area contributed by atoms with Crippen molar-refractivity contribution in [1.82, 2.24) is 10.9 Å². The molecule has 0 saturated heterocycles. The molecule has 4 N–H and O–H groups in total. The van der Waals surface area contributed by atoms with Crippen molar-refractivity contribution in [2.24, 2.45) is 10.1 Å². The van der Waals surface area contributed by atoms with Crippen molar-refractivity contribution in [2.45, 2.75) is 5.25 Å². The number of hydrazine groups is 1. The van der Waals surface area contributed by atoms with Gasteiger partial charge in [0.25, 0.3) is 10.0 Å². The van der Waals surface area contributed by atoms with Crippen LogP contribution in [0.2, 0.25) is 0 Å². The molecule has 0 amide bonds. The first-order valence-corrected chi connectivity index (χ1v) is 9.68. The first-order chi connectivity index (χ1) is 12.9. The molecule has 0 bridgehead atoms. The van der Waals surface area contributed by atoms with E-state index in [4.69, 9.17) is 5.73 Å². The monoisotopic (exact) mass is 386 g/mol. The zero-order chi connectivity index (χ0) is 19.4. The lowest BCUT2D eigenvalue weighted by Crippen LogP contribution is -2.31. The van der Waals surface area contributed by atoms with Crippen molar-refractivity contribution in [3.8, 4) is 0 Å². The average molecular weight is 386 g/mol. The van der Waals surface area contributed by atoms with E-state index in [1.807, 2.05) is 30.3 Å². The number of amidine groups is 1. The Bertz CT molecular complexity index is 1000. The molecular formula is C19H19FN4O2S. The fraction of sp³-hybridized carbons (Fsp3) is 0.105. The first kappa shape index (κ1) is 18.8. The van der Waals surface area contributed by atoms with Crippen molar-refractivity contribution < 1.29 is 12.8 Å². The smallest absolute Gasteiger partial charge is 0.265 e. The van der Waals surface area contributed by atoms with Gasteiger partial charge in [-0.15, -0.1) is 11.0 Å². The first-order valence-electron chi connectivity index (χ1n) is 8.17. The fourth-order valence-electron chi connectivity index (χ4n) is 2.81. The number of benzene rings is 2. The number of hydrogen-bond acceptors (Lipinski definition) is 4. The van der Waals surface area contributed by atoms with Crippen LogP contribution in [0.15, 0.2) is 77.3 Å². The van der Waals surface area contributed by atoms with Gasteiger partial charge in [-0.3, -0.25) is 0 Å². The number of rotatable bonds is 6. The Kier molecular flexibility index (Phi) is 5.38. The van der Waals surface area contributed by atoms with Gasteiger partial charge in [0.05, 0.1) is 5.70 Å². The molecule has 6 nitrogen and oxygen atoms in total. The third-order valence-electron chi connectivity index (χ3n) is 4.12. The number of nitrogens with two attached hydrogens (primary N) is 1. The predicted molar refractivity (Wildman–Crippen MR) is 104 cm³/mol. The van der Waals surface area contributed by atoms with E-state index in [-0.39, 0.29) is 5.84 Å². The maximum atomic E-state index is 13.1. The van der Waals surface area contributed by atoms with Crippen LogP contribution in [0, 0.1) is 5.82 Å². The molecule has 1 aliphatic heterocycles. The second-order valence-electron chi connectivity index (χ2n) is 5.90. The highest BCUT2D eigenvalue weighted by molar-refractivity contribution is 7.90. The third kappa shape index (κ3) is 4.07. The van der Waals surface area contributed by atoms with Gasteiger partial charge in [-0.2, -0.15) is 0 Å². The summed E-state index contributed by atoms with van der Waals surface area (Å²) in [6.07, 6.45) is 1.24. The van der Waals surface area contributed by atoms with Crippen LogP contribution in [-0.2, 0) is 10.0 Å². The van der Waals surface area contributed by atoms with E-state index in [0.29, 0.717) is 17.8 Å². The number of nitrogens with one attached hydrogen (secondary N) is 2. The van der Waals surface area contributed by atoms with E-state index in [9.17, 15) is 12.8 Å². The molecule has 1 atom stereocenters. The normalized spacial score (nSPS) is 16.1. The molecule has 0 saturated carbocycles. The molecule has 2 aromatic rings. The molecule has 0 fully saturated rings. The molecule has 0 radical (unpaired) electrons. The van der Waals surface area contributed by atoms with E-state index < -0.39 is 21.1 Å². The van der Waals surface area contributed by atoms with Crippen molar-refractivity contribution in [2.75, 3.05) is 6.54 Å². The quantitative estimate of drug-likeness (QED) is 0.402. The van der Waals surface area contributed by atoms with Crippen molar-refractivity contribution in [3.05, 3.63) is 89.9 Å². The highest BCUT2D eigenvalue weighted by Gasteiger charge is 2.26. The van der Waals surface area contributed by atoms with Crippen LogP contribution in [0.5, 0.6) is 0 Å². The second kappa shape index (κ2) is 7.73. The summed E-state index contributed by atoms with van der Waals surface area (Å²) in [5.74, 6) is -0.617. The Morgan fingerprint density at radius 1 is 1.19 bits per heavy atom. The SMILES string of the molecule is C=CC(c1ccc(F)cc1)S(=O)(=O)N=C(N)C1=C(c2ccccc2)CNN1. The zero-order valence-electron chi connectivity index (χ0n) is 14.4. The summed E-state index contributed by atoms with van der Waals surface area (Å²) >= 11 is 0. The van der Waals surface area contributed by atoms with Gasteiger partial charge in [-0.05, 0) is 23.3 Å². The van der Waals surface area contributed by atoms with Crippen LogP contribution in [-0.4, -0.2) is 20.8 Å². The van der Waals surface area contributed by atoms with Crippen LogP contribution < -0.4 is 16.6 Å². The summed E-state index contributed by atoms with van der Waals surface area (Å²) < 4.78 is 42.4. The molecule has 1 heterocycles. The topological polar surface area (TPSA) is 96.6 Å². The van der Waals surface area contributed by atoms with Crippen LogP contribution in [0.3, 0.4) is 0 Å². The maximum Gasteiger partial charge on any atom is 0.265 e. The third-order valence-corrected chi connectivity index (χ3v) is 5.68. The predicted octanol–water partition coefficient (Wildman–Crippen LogP) is 2.26. The summed E-state index contributed by atoms with van der Waals surface area (Å²) in [4.78, 5) is 0. The van der Waals surface area contributed by atoms with Gasteiger partial charge in [-0.25, -0.2) is 18.2 Å². The van der Waals surface area contributed by atoms with Crippen LogP contribution >= 0.6 is 0 Å². The number of nitrogens with zero attached hydrogens (tertiary/aromatic N) is 1. The van der Waals surface area contributed by atoms with Gasteiger partial charge in [0.15, 0.2) is 5.84 Å². The Balaban J connectivity index is 1.98. The lowest BCUT2D eigenvalue weighted by Gasteiger charge is -2.12. The van der Waals surface area contributed by atoms with Gasteiger partial charge >= 0.3 is 0 Å². The minimum atomic E-state index is -4.06. The Morgan fingerprint density at radius 3 is 2.48 bits per heavy atom. The van der Waals surface area contributed by atoms with Crippen molar-refractivity contribution >= 4 is 21.4 Å². The molecule has 2 aromatic carbocycles. The Hall–Kier alpha value is -2.97. The van der Waals surface area contributed by atoms with E-state index in [1.165, 1.54) is 30.3 Å². The van der Waals surface area contributed by atoms with Crippen molar-refractivity contribution in [1.29, 1.82) is 0 Å². The molecule has 0 aromatic heterocycles. The van der Waals surface area contributed by atoms with Gasteiger partial charge in [0.2, 0.25) is 0 Å². The highest BCUT2D eigenvalue weighted by Crippen LogP contribution is 2.26. The second-order valence-corrected chi connectivity index (χ2v) is 7.62. The number of halogens is 1. The molecule has 27 heavy (non-hydrogen) atoms. The fourth-order valence-corrected chi connectivity index (χ4v) is 4.03. The minimum Gasteiger partial charge on any atom is -0.381 e. The number of hydrogen-bond donors (Lipinski definition) is 3. The lowest BCUT2D eigenvalue weighted by molar-refractivity contribution is 0.591. The Labute approximate surface area is 157 Å². The average Bonchev–Trinajstić information content (AvgIpc) is 3.14. The molecule has 1 unspecified atom stereocenters. The van der Waals surface area contributed by atoms with E-state index in [0.717, 1.165) is 11.1 Å². The molecule has 1 aliphatic rings. The van der Waals surface area contributed by atoms with Gasteiger partial charge in [0, 0.05) is 12.1 Å². The summed E-state index contributed by atoms with van der Waals surface area (Å²) in [6, 6.07) is 14.6. The maximum absolute atomic E-state index is 13.1. The van der Waals surface area contributed by atoms with Crippen LogP contribution in [0.25, 0.3) is 5.57 Å². The largest absolute Gasteiger partial charge is 0.381 e. The summed E-state index contributed by atoms with van der Waals surface area (Å²) in [5, 5.41) is -1.13. The van der Waals surface area contributed by atoms with Crippen molar-refractivity contribution in [3.63, 3.8) is 0 Å². The number of sulfonamides is 1. The minimum absolute atomic E-state index is 0.159. The molecule has 0 spiro atoms. The van der Waals surface area contributed by atoms with Crippen LogP contribution in [0.1, 0.15) is 16.4 Å². The summed E-state index contributed by atoms with van der Waals surface area (Å²) in [7, 11) is -4.06. The zero-order valence-corrected chi connectivity index (χ0v) is 15.2. The van der Waals surface area contributed by atoms with E-state index in [2.05, 4.69) is 21.8 Å². The molecule has 3 rings (SSSR count). The molecule has 8 heteroatoms. The van der Waals surface area contributed by atoms with Crippen LogP contribution in [0.4, 0.5) is 4.39 Å². The molecule has 140 valence electrons. The van der Waals surface area contributed by atoms with Gasteiger partial charge in [0.1, 0.15) is 11.1 Å². The standard InChI is InChI=1S/C19H19FN4O2S/c1-2-17(14-8-10-15(20)11-9-14)27(25,26)24-19(21)18-16(12-22-23-18)13-6-4-3-5-7-13/h2-11,17,22-23H,1,12H2,(H2,21,24). The van der Waals surface area contributed by atoms with Gasteiger partial charge in [-0.1, -0.05) is 48.5 Å². The summed E-state index contributed by atoms with van der Waals surface area (Å²) in [6.45, 7) is 4.04. The highest BCUT2D eigenvalue weighted by atomic mass is 32.2. The molecular weight excluding hydrogens is 367 g/mol. The summed E-state index contributed by atoms with van der Waals surface area (Å²) in [5.41, 5.74) is 14.3.